The summed E-state index contributed by atoms with van der Waals surface area (Å²) in [6.45, 7) is 4.08. The number of carbonyl (C=O) groups excluding carboxylic acids is 1. The highest BCUT2D eigenvalue weighted by molar-refractivity contribution is 7.47. The van der Waals surface area contributed by atoms with Gasteiger partial charge in [-0.05, 0) is 57.8 Å². The number of carbonyl (C=O) groups is 1. The summed E-state index contributed by atoms with van der Waals surface area (Å²) >= 11 is 0. The quantitative estimate of drug-likeness (QED) is 0.0151. The van der Waals surface area contributed by atoms with Gasteiger partial charge in [0, 0.05) is 13.0 Å². The Kier molecular flexibility index (Phi) is 34.2. The topological polar surface area (TPSA) is 192 Å². The zero-order valence-electron chi connectivity index (χ0n) is 36.3. The maximum absolute atomic E-state index is 12.8. The fraction of sp³-hybridized carbons (Fsp3) is 0.761. The van der Waals surface area contributed by atoms with E-state index in [9.17, 15) is 39.8 Å². The standard InChI is InChI=1S/C46H81O12P/c1-3-5-7-9-11-13-15-16-17-18-19-20-21-22-23-24-25-26-28-30-32-34-36-55-37-39(57-40(47)35-33-31-29-27-14-12-10-8-6-4-2)38-56-59(53,54)58-46-44(51)42(49)41(48)43(50)45(46)52/h5,7,11,13,16-17,19-20,22-23,39,41-46,48-52H,3-4,6,8-10,12,14-15,18,21,24-38H2,1-2H3,(H,53,54)/b7-5-,13-11-,17-16-,20-19-,23-22-. The van der Waals surface area contributed by atoms with Gasteiger partial charge in [-0.15, -0.1) is 0 Å². The molecule has 1 rings (SSSR count). The summed E-state index contributed by atoms with van der Waals surface area (Å²) in [4.78, 5) is 23.1. The molecule has 342 valence electrons. The Hall–Kier alpha value is -1.96. The zero-order chi connectivity index (χ0) is 43.4. The molecule has 0 bridgehead atoms. The van der Waals surface area contributed by atoms with Gasteiger partial charge in [-0.1, -0.05) is 158 Å². The summed E-state index contributed by atoms with van der Waals surface area (Å²) in [5, 5.41) is 50.1. The second kappa shape index (κ2) is 36.7. The highest BCUT2D eigenvalue weighted by Crippen LogP contribution is 2.47. The molecule has 59 heavy (non-hydrogen) atoms. The van der Waals surface area contributed by atoms with E-state index in [0.29, 0.717) is 13.0 Å². The number of hydrogen-bond donors (Lipinski definition) is 6. The van der Waals surface area contributed by atoms with Crippen molar-refractivity contribution in [2.45, 2.75) is 204 Å². The van der Waals surface area contributed by atoms with E-state index in [4.69, 9.17) is 18.5 Å². The van der Waals surface area contributed by atoms with Crippen molar-refractivity contribution in [1.82, 2.24) is 0 Å². The van der Waals surface area contributed by atoms with Crippen LogP contribution in [0.25, 0.3) is 0 Å². The van der Waals surface area contributed by atoms with Crippen LogP contribution in [-0.2, 0) is 27.9 Å². The Morgan fingerprint density at radius 2 is 1.00 bits per heavy atom. The first-order valence-corrected chi connectivity index (χ1v) is 24.1. The van der Waals surface area contributed by atoms with Crippen molar-refractivity contribution >= 4 is 13.8 Å². The van der Waals surface area contributed by atoms with Gasteiger partial charge in [0.25, 0.3) is 0 Å². The molecule has 1 saturated carbocycles. The van der Waals surface area contributed by atoms with Crippen LogP contribution in [0.3, 0.4) is 0 Å². The van der Waals surface area contributed by atoms with Gasteiger partial charge in [-0.25, -0.2) is 4.57 Å². The molecule has 1 fully saturated rings. The average molecular weight is 857 g/mol. The number of aliphatic hydroxyl groups excluding tert-OH is 5. The molecule has 0 aromatic heterocycles. The van der Waals surface area contributed by atoms with Crippen molar-refractivity contribution < 1.29 is 58.3 Å². The minimum absolute atomic E-state index is 0.0880. The van der Waals surface area contributed by atoms with Crippen molar-refractivity contribution in [3.8, 4) is 0 Å². The molecule has 0 aliphatic heterocycles. The van der Waals surface area contributed by atoms with Crippen LogP contribution in [0, 0.1) is 0 Å². The van der Waals surface area contributed by atoms with Crippen LogP contribution in [0.5, 0.6) is 0 Å². The maximum Gasteiger partial charge on any atom is 0.472 e. The molecule has 1 aliphatic rings. The Morgan fingerprint density at radius 1 is 0.559 bits per heavy atom. The molecule has 0 radical (unpaired) electrons. The fourth-order valence-corrected chi connectivity index (χ4v) is 7.53. The van der Waals surface area contributed by atoms with Gasteiger partial charge in [0.15, 0.2) is 0 Å². The van der Waals surface area contributed by atoms with E-state index < -0.39 is 63.1 Å². The molecular weight excluding hydrogens is 775 g/mol. The molecular formula is C46H81O12P. The molecule has 0 aromatic rings. The summed E-state index contributed by atoms with van der Waals surface area (Å²) in [7, 11) is -5.02. The minimum atomic E-state index is -5.02. The van der Waals surface area contributed by atoms with Gasteiger partial charge in [0.05, 0.1) is 13.2 Å². The molecule has 0 aromatic carbocycles. The van der Waals surface area contributed by atoms with Crippen LogP contribution in [0.4, 0.5) is 0 Å². The van der Waals surface area contributed by atoms with E-state index in [2.05, 4.69) is 74.6 Å². The number of phosphoric acid groups is 1. The number of esters is 1. The van der Waals surface area contributed by atoms with E-state index in [0.717, 1.165) is 96.3 Å². The predicted molar refractivity (Wildman–Crippen MR) is 235 cm³/mol. The number of unbranched alkanes of at least 4 members (excludes halogenated alkanes) is 15. The second-order valence-corrected chi connectivity index (χ2v) is 16.9. The van der Waals surface area contributed by atoms with Gasteiger partial charge in [-0.3, -0.25) is 13.8 Å². The molecule has 1 aliphatic carbocycles. The third-order valence-electron chi connectivity index (χ3n) is 10.2. The van der Waals surface area contributed by atoms with Crippen molar-refractivity contribution in [3.63, 3.8) is 0 Å². The average Bonchev–Trinajstić information content (AvgIpc) is 3.22. The van der Waals surface area contributed by atoms with E-state index in [1.807, 2.05) is 0 Å². The van der Waals surface area contributed by atoms with Crippen LogP contribution in [-0.4, -0.2) is 98.9 Å². The van der Waals surface area contributed by atoms with Gasteiger partial charge in [0.2, 0.25) is 0 Å². The highest BCUT2D eigenvalue weighted by atomic mass is 31.2. The smallest absolute Gasteiger partial charge is 0.457 e. The molecule has 6 atom stereocenters. The van der Waals surface area contributed by atoms with Crippen molar-refractivity contribution in [2.75, 3.05) is 19.8 Å². The zero-order valence-corrected chi connectivity index (χ0v) is 37.2. The third kappa shape index (κ3) is 29.1. The van der Waals surface area contributed by atoms with Crippen LogP contribution < -0.4 is 0 Å². The molecule has 13 heteroatoms. The molecule has 0 amide bonds. The summed E-state index contributed by atoms with van der Waals surface area (Å²) < 4.78 is 34.1. The first-order chi connectivity index (χ1) is 28.5. The molecule has 0 spiro atoms. The summed E-state index contributed by atoms with van der Waals surface area (Å²) in [5.41, 5.74) is 0. The van der Waals surface area contributed by atoms with Crippen molar-refractivity contribution in [2.24, 2.45) is 0 Å². The summed E-state index contributed by atoms with van der Waals surface area (Å²) in [6, 6.07) is 0. The van der Waals surface area contributed by atoms with E-state index >= 15 is 0 Å². The van der Waals surface area contributed by atoms with Crippen LogP contribution in [0.1, 0.15) is 162 Å². The predicted octanol–water partition coefficient (Wildman–Crippen LogP) is 9.03. The lowest BCUT2D eigenvalue weighted by atomic mass is 9.85. The summed E-state index contributed by atoms with van der Waals surface area (Å²) in [6.07, 6.45) is 33.0. The Labute approximate surface area is 356 Å². The van der Waals surface area contributed by atoms with Gasteiger partial charge in [-0.2, -0.15) is 0 Å². The minimum Gasteiger partial charge on any atom is -0.457 e. The highest BCUT2D eigenvalue weighted by Gasteiger charge is 2.51. The molecule has 0 heterocycles. The van der Waals surface area contributed by atoms with Gasteiger partial charge in [0.1, 0.15) is 42.7 Å². The third-order valence-corrected chi connectivity index (χ3v) is 11.1. The molecule has 0 saturated heterocycles. The van der Waals surface area contributed by atoms with Crippen molar-refractivity contribution in [1.29, 1.82) is 0 Å². The number of rotatable bonds is 37. The van der Waals surface area contributed by atoms with Crippen LogP contribution >= 0.6 is 7.82 Å². The largest absolute Gasteiger partial charge is 0.472 e. The molecule has 6 N–H and O–H groups in total. The number of aliphatic hydroxyl groups is 5. The second-order valence-electron chi connectivity index (χ2n) is 15.5. The number of ether oxygens (including phenoxy) is 2. The Morgan fingerprint density at radius 3 is 1.53 bits per heavy atom. The monoisotopic (exact) mass is 857 g/mol. The van der Waals surface area contributed by atoms with Crippen LogP contribution in [0.15, 0.2) is 60.8 Å². The molecule has 6 unspecified atom stereocenters. The number of hydrogen-bond acceptors (Lipinski definition) is 11. The van der Waals surface area contributed by atoms with Gasteiger partial charge < -0.3 is 39.9 Å². The van der Waals surface area contributed by atoms with E-state index in [1.54, 1.807) is 0 Å². The first-order valence-electron chi connectivity index (χ1n) is 22.6. The SMILES string of the molecule is CC/C=C\C/C=C\C/C=C\C/C=C\C/C=C\CCCCCCCCOCC(COP(=O)(O)OC1C(O)C(O)C(O)C(O)C1O)OC(=O)CCCCCCCCCCCC. The number of allylic oxidation sites excluding steroid dienone is 10. The van der Waals surface area contributed by atoms with Crippen molar-refractivity contribution in [3.05, 3.63) is 60.8 Å². The maximum atomic E-state index is 12.8. The Balaban J connectivity index is 2.37. The van der Waals surface area contributed by atoms with E-state index in [1.165, 1.54) is 38.5 Å². The number of phosphoric ester groups is 1. The lowest BCUT2D eigenvalue weighted by Gasteiger charge is -2.41. The normalized spacial score (nSPS) is 23.1. The molecule has 12 nitrogen and oxygen atoms in total. The lowest BCUT2D eigenvalue weighted by molar-refractivity contribution is -0.220. The first kappa shape index (κ1) is 55.1. The summed E-state index contributed by atoms with van der Waals surface area (Å²) in [5.74, 6) is -0.488. The lowest BCUT2D eigenvalue weighted by Crippen LogP contribution is -2.64. The van der Waals surface area contributed by atoms with Gasteiger partial charge >= 0.3 is 13.8 Å². The van der Waals surface area contributed by atoms with Crippen LogP contribution in [0.2, 0.25) is 0 Å². The Bertz CT molecular complexity index is 1200. The fourth-order valence-electron chi connectivity index (χ4n) is 6.56. The van der Waals surface area contributed by atoms with E-state index in [-0.39, 0.29) is 13.0 Å².